The van der Waals surface area contributed by atoms with Crippen LogP contribution in [0.25, 0.3) is 0 Å². The van der Waals surface area contributed by atoms with E-state index in [1.807, 2.05) is 12.1 Å². The van der Waals surface area contributed by atoms with Gasteiger partial charge in [-0.05, 0) is 36.8 Å². The summed E-state index contributed by atoms with van der Waals surface area (Å²) in [5, 5.41) is 9.98. The van der Waals surface area contributed by atoms with E-state index in [1.54, 1.807) is 37.3 Å². The van der Waals surface area contributed by atoms with E-state index in [4.69, 9.17) is 39.5 Å². The molecule has 3 rings (SSSR count). The molecule has 7 nitrogen and oxygen atoms in total. The smallest absolute Gasteiger partial charge is 0.367 e. The zero-order valence-corrected chi connectivity index (χ0v) is 18.2. The molecule has 3 aromatic rings. The maximum absolute atomic E-state index is 12.8. The average molecular weight is 468 g/mol. The maximum atomic E-state index is 12.8. The van der Waals surface area contributed by atoms with Crippen molar-refractivity contribution in [2.45, 2.75) is 19.9 Å². The van der Waals surface area contributed by atoms with Gasteiger partial charge >= 0.3 is 11.7 Å². The number of aromatic nitrogens is 3. The van der Waals surface area contributed by atoms with Gasteiger partial charge in [0.2, 0.25) is 0 Å². The van der Waals surface area contributed by atoms with Gasteiger partial charge in [0.05, 0.1) is 17.8 Å². The van der Waals surface area contributed by atoms with Gasteiger partial charge in [-0.3, -0.25) is 4.79 Å². The molecule has 0 aliphatic heterocycles. The molecule has 0 amide bonds. The Morgan fingerprint density at radius 3 is 2.50 bits per heavy atom. The van der Waals surface area contributed by atoms with Crippen molar-refractivity contribution in [2.75, 3.05) is 6.61 Å². The van der Waals surface area contributed by atoms with Gasteiger partial charge in [0.25, 0.3) is 0 Å². The zero-order chi connectivity index (χ0) is 21.7. The minimum Gasteiger partial charge on any atom is -0.465 e. The molecule has 0 saturated carbocycles. The first kappa shape index (κ1) is 22.1. The predicted octanol–water partition coefficient (Wildman–Crippen LogP) is 4.04. The molecule has 0 aliphatic carbocycles. The molecular formula is C20H17Cl3N4O3. The van der Waals surface area contributed by atoms with Gasteiger partial charge in [-0.2, -0.15) is 14.9 Å². The first-order valence-electron chi connectivity index (χ1n) is 8.95. The van der Waals surface area contributed by atoms with E-state index in [2.05, 4.69) is 10.2 Å². The van der Waals surface area contributed by atoms with Crippen molar-refractivity contribution in [2.24, 2.45) is 5.10 Å². The Hall–Kier alpha value is -2.61. The van der Waals surface area contributed by atoms with Crippen LogP contribution in [0.1, 0.15) is 23.9 Å². The van der Waals surface area contributed by atoms with Crippen LogP contribution >= 0.6 is 34.8 Å². The van der Waals surface area contributed by atoms with Crippen LogP contribution in [0.15, 0.2) is 52.4 Å². The van der Waals surface area contributed by atoms with E-state index in [-0.39, 0.29) is 13.2 Å². The van der Waals surface area contributed by atoms with Crippen molar-refractivity contribution >= 4 is 47.0 Å². The van der Waals surface area contributed by atoms with Crippen LogP contribution in [-0.2, 0) is 22.5 Å². The number of halogens is 3. The Kier molecular flexibility index (Phi) is 7.31. The molecule has 0 bridgehead atoms. The Bertz CT molecular complexity index is 1140. The molecule has 30 heavy (non-hydrogen) atoms. The highest BCUT2D eigenvalue weighted by Gasteiger charge is 2.16. The number of carbonyl (C=O) groups excluding carboxylic acids is 1. The molecule has 156 valence electrons. The predicted molar refractivity (Wildman–Crippen MR) is 117 cm³/mol. The van der Waals surface area contributed by atoms with Crippen LogP contribution in [0.3, 0.4) is 0 Å². The summed E-state index contributed by atoms with van der Waals surface area (Å²) in [5.41, 5.74) is 0.866. The van der Waals surface area contributed by atoms with Gasteiger partial charge in [0, 0.05) is 22.0 Å². The van der Waals surface area contributed by atoms with Crippen LogP contribution in [0.4, 0.5) is 0 Å². The van der Waals surface area contributed by atoms with Gasteiger partial charge in [0.15, 0.2) is 5.82 Å². The number of hydrogen-bond donors (Lipinski definition) is 0. The molecule has 0 spiro atoms. The van der Waals surface area contributed by atoms with Gasteiger partial charge < -0.3 is 4.74 Å². The third-order valence-corrected chi connectivity index (χ3v) is 4.83. The summed E-state index contributed by atoms with van der Waals surface area (Å²) >= 11 is 18.0. The number of hydrogen-bond acceptors (Lipinski definition) is 5. The second kappa shape index (κ2) is 9.93. The monoisotopic (exact) mass is 466 g/mol. The van der Waals surface area contributed by atoms with Gasteiger partial charge in [-0.15, -0.1) is 0 Å². The lowest BCUT2D eigenvalue weighted by Crippen LogP contribution is -2.27. The van der Waals surface area contributed by atoms with Crippen molar-refractivity contribution < 1.29 is 9.53 Å². The molecule has 0 radical (unpaired) electrons. The van der Waals surface area contributed by atoms with Crippen molar-refractivity contribution in [1.29, 1.82) is 0 Å². The Labute approximate surface area is 187 Å². The minimum atomic E-state index is -0.576. The van der Waals surface area contributed by atoms with Crippen LogP contribution in [-0.4, -0.2) is 33.2 Å². The highest BCUT2D eigenvalue weighted by Crippen LogP contribution is 2.19. The fourth-order valence-corrected chi connectivity index (χ4v) is 3.20. The van der Waals surface area contributed by atoms with E-state index in [9.17, 15) is 9.59 Å². The number of carbonyl (C=O) groups is 1. The normalized spacial score (nSPS) is 11.2. The molecule has 0 aliphatic rings. The maximum Gasteiger partial charge on any atom is 0.367 e. The van der Waals surface area contributed by atoms with Crippen molar-refractivity contribution in [3.63, 3.8) is 0 Å². The second-order valence-electron chi connectivity index (χ2n) is 6.19. The average Bonchev–Trinajstić information content (AvgIpc) is 2.97. The zero-order valence-electron chi connectivity index (χ0n) is 15.9. The lowest BCUT2D eigenvalue weighted by Gasteiger charge is -2.02. The molecule has 2 aromatic carbocycles. The SMILES string of the molecule is CCOC(=O)Cn1nc(Cc2ccc(Cl)cc2)n(/N=C/c2ccc(Cl)cc2Cl)c1=O. The summed E-state index contributed by atoms with van der Waals surface area (Å²) in [7, 11) is 0. The van der Waals surface area contributed by atoms with Gasteiger partial charge in [-0.1, -0.05) is 53.0 Å². The van der Waals surface area contributed by atoms with Crippen molar-refractivity contribution in [1.82, 2.24) is 14.5 Å². The first-order valence-corrected chi connectivity index (χ1v) is 10.1. The Morgan fingerprint density at radius 1 is 1.13 bits per heavy atom. The lowest BCUT2D eigenvalue weighted by molar-refractivity contribution is -0.144. The van der Waals surface area contributed by atoms with Crippen LogP contribution in [0, 0.1) is 0 Å². The van der Waals surface area contributed by atoms with E-state index in [0.717, 1.165) is 14.9 Å². The largest absolute Gasteiger partial charge is 0.465 e. The third kappa shape index (κ3) is 5.50. The molecule has 0 N–H and O–H groups in total. The van der Waals surface area contributed by atoms with E-state index >= 15 is 0 Å². The Morgan fingerprint density at radius 2 is 1.83 bits per heavy atom. The standard InChI is InChI=1S/C20H17Cl3N4O3/c1-2-30-19(28)12-26-20(29)27(24-11-14-5-8-16(22)10-17(14)23)18(25-26)9-13-3-6-15(21)7-4-13/h3-8,10-11H,2,9,12H2,1H3/b24-11+. The van der Waals surface area contributed by atoms with E-state index < -0.39 is 11.7 Å². The number of nitrogens with zero attached hydrogens (tertiary/aromatic N) is 4. The summed E-state index contributed by atoms with van der Waals surface area (Å²) in [5.74, 6) is -0.222. The number of ether oxygens (including phenoxy) is 1. The molecule has 1 heterocycles. The summed E-state index contributed by atoms with van der Waals surface area (Å²) < 4.78 is 7.05. The van der Waals surface area contributed by atoms with Crippen LogP contribution < -0.4 is 5.69 Å². The minimum absolute atomic E-state index is 0.207. The molecule has 1 aromatic heterocycles. The second-order valence-corrected chi connectivity index (χ2v) is 7.47. The van der Waals surface area contributed by atoms with Crippen LogP contribution in [0.5, 0.6) is 0 Å². The summed E-state index contributed by atoms with van der Waals surface area (Å²) in [6, 6.07) is 12.0. The highest BCUT2D eigenvalue weighted by atomic mass is 35.5. The molecule has 0 fully saturated rings. The quantitative estimate of drug-likeness (QED) is 0.388. The molecule has 0 saturated heterocycles. The van der Waals surface area contributed by atoms with E-state index in [1.165, 1.54) is 6.21 Å². The van der Waals surface area contributed by atoms with Crippen molar-refractivity contribution in [3.8, 4) is 0 Å². The fourth-order valence-electron chi connectivity index (χ4n) is 2.61. The summed E-state index contributed by atoms with van der Waals surface area (Å²) in [4.78, 5) is 24.6. The third-order valence-electron chi connectivity index (χ3n) is 4.02. The van der Waals surface area contributed by atoms with Crippen molar-refractivity contribution in [3.05, 3.63) is 85.0 Å². The number of rotatable bonds is 7. The number of benzene rings is 2. The molecule has 0 atom stereocenters. The van der Waals surface area contributed by atoms with E-state index in [0.29, 0.717) is 32.9 Å². The lowest BCUT2D eigenvalue weighted by atomic mass is 10.1. The topological polar surface area (TPSA) is 78.5 Å². The summed E-state index contributed by atoms with van der Waals surface area (Å²) in [6.45, 7) is 1.58. The number of esters is 1. The summed E-state index contributed by atoms with van der Waals surface area (Å²) in [6.07, 6.45) is 1.73. The van der Waals surface area contributed by atoms with Crippen LogP contribution in [0.2, 0.25) is 15.1 Å². The molecule has 10 heteroatoms. The first-order chi connectivity index (χ1) is 14.4. The molecule has 0 unspecified atom stereocenters. The fraction of sp³-hybridized carbons (Fsp3) is 0.200. The van der Waals surface area contributed by atoms with Gasteiger partial charge in [0.1, 0.15) is 6.54 Å². The Balaban J connectivity index is 1.98. The van der Waals surface area contributed by atoms with Gasteiger partial charge in [-0.25, -0.2) is 9.48 Å². The molecular weight excluding hydrogens is 451 g/mol. The highest BCUT2D eigenvalue weighted by molar-refractivity contribution is 6.36.